The molecule has 0 saturated carbocycles. The molecular weight excluding hydrogens is 423 g/mol. The third kappa shape index (κ3) is 4.47. The molecule has 9 heteroatoms. The summed E-state index contributed by atoms with van der Waals surface area (Å²) in [7, 11) is 0. The summed E-state index contributed by atoms with van der Waals surface area (Å²) in [5, 5.41) is 5.22. The molecule has 2 aromatic heterocycles. The zero-order chi connectivity index (χ0) is 21.1. The number of hydrogen-bond donors (Lipinski definition) is 2. The highest BCUT2D eigenvalue weighted by atomic mass is 35.5. The number of carbonyl (C=O) groups is 1. The Bertz CT molecular complexity index is 1020. The first-order valence-electron chi connectivity index (χ1n) is 10.1. The number of nitrogens with one attached hydrogen (secondary N) is 2. The van der Waals surface area contributed by atoms with Crippen LogP contribution in [0.3, 0.4) is 0 Å². The zero-order valence-corrected chi connectivity index (χ0v) is 18.2. The second-order valence-electron chi connectivity index (χ2n) is 7.37. The highest BCUT2D eigenvalue weighted by Gasteiger charge is 2.29. The molecule has 30 heavy (non-hydrogen) atoms. The SMILES string of the molecule is CCN(C(=O)CNc1cc(Cl)cc(Cl)c1)C1CCCN(c2ncnc3[nH]ccc23)C1. The van der Waals surface area contributed by atoms with Gasteiger partial charge >= 0.3 is 0 Å². The summed E-state index contributed by atoms with van der Waals surface area (Å²) in [5.41, 5.74) is 1.56. The van der Waals surface area contributed by atoms with Crippen LogP contribution >= 0.6 is 23.2 Å². The fourth-order valence-corrected chi connectivity index (χ4v) is 4.61. The zero-order valence-electron chi connectivity index (χ0n) is 16.7. The molecule has 2 N–H and O–H groups in total. The number of fused-ring (bicyclic) bond motifs is 1. The van der Waals surface area contributed by atoms with Gasteiger partial charge in [-0.2, -0.15) is 0 Å². The number of anilines is 2. The third-order valence-corrected chi connectivity index (χ3v) is 5.87. The lowest BCUT2D eigenvalue weighted by molar-refractivity contribution is -0.131. The minimum Gasteiger partial charge on any atom is -0.376 e. The molecule has 1 saturated heterocycles. The van der Waals surface area contributed by atoms with E-state index >= 15 is 0 Å². The maximum Gasteiger partial charge on any atom is 0.242 e. The number of carbonyl (C=O) groups excluding carboxylic acids is 1. The van der Waals surface area contributed by atoms with Crippen LogP contribution in [0.25, 0.3) is 11.0 Å². The van der Waals surface area contributed by atoms with E-state index < -0.39 is 0 Å². The lowest BCUT2D eigenvalue weighted by Gasteiger charge is -2.39. The molecule has 1 unspecified atom stereocenters. The fourth-order valence-electron chi connectivity index (χ4n) is 4.09. The molecule has 0 bridgehead atoms. The molecule has 1 fully saturated rings. The lowest BCUT2D eigenvalue weighted by atomic mass is 10.0. The smallest absolute Gasteiger partial charge is 0.242 e. The summed E-state index contributed by atoms with van der Waals surface area (Å²) in [5.74, 6) is 0.969. The molecule has 1 atom stereocenters. The van der Waals surface area contributed by atoms with E-state index in [-0.39, 0.29) is 18.5 Å². The van der Waals surface area contributed by atoms with Gasteiger partial charge in [-0.15, -0.1) is 0 Å². The number of H-pyrrole nitrogens is 1. The summed E-state index contributed by atoms with van der Waals surface area (Å²) in [4.78, 5) is 29.1. The van der Waals surface area contributed by atoms with E-state index in [0.717, 1.165) is 48.5 Å². The standard InChI is InChI=1S/C21H24Cl2N6O/c1-2-29(19(30)11-25-16-9-14(22)8-15(23)10-16)17-4-3-7-28(12-17)21-18-5-6-24-20(18)26-13-27-21/h5-6,8-10,13,17,25H,2-4,7,11-12H2,1H3,(H,24,26,27). The molecule has 1 amide bonds. The number of likely N-dealkylation sites (N-methyl/N-ethyl adjacent to an activating group) is 1. The van der Waals surface area contributed by atoms with Crippen LogP contribution < -0.4 is 10.2 Å². The predicted octanol–water partition coefficient (Wildman–Crippen LogP) is 4.19. The number of hydrogen-bond acceptors (Lipinski definition) is 5. The maximum atomic E-state index is 13.0. The molecule has 3 aromatic rings. The van der Waals surface area contributed by atoms with Gasteiger partial charge in [-0.25, -0.2) is 9.97 Å². The van der Waals surface area contributed by atoms with Crippen molar-refractivity contribution in [3.63, 3.8) is 0 Å². The Balaban J connectivity index is 1.44. The number of aromatic nitrogens is 3. The summed E-state index contributed by atoms with van der Waals surface area (Å²) >= 11 is 12.1. The average molecular weight is 447 g/mol. The Morgan fingerprint density at radius 2 is 2.10 bits per heavy atom. The molecule has 0 aliphatic carbocycles. The van der Waals surface area contributed by atoms with Crippen molar-refractivity contribution in [3.05, 3.63) is 46.8 Å². The summed E-state index contributed by atoms with van der Waals surface area (Å²) in [6.45, 7) is 4.52. The number of halogens is 2. The van der Waals surface area contributed by atoms with Crippen LogP contribution in [0.4, 0.5) is 11.5 Å². The van der Waals surface area contributed by atoms with Crippen LogP contribution in [0.15, 0.2) is 36.8 Å². The van der Waals surface area contributed by atoms with E-state index in [1.165, 1.54) is 0 Å². The van der Waals surface area contributed by atoms with Gasteiger partial charge in [0.05, 0.1) is 11.9 Å². The van der Waals surface area contributed by atoms with Gasteiger partial charge in [-0.1, -0.05) is 23.2 Å². The molecule has 0 spiro atoms. The number of aromatic amines is 1. The van der Waals surface area contributed by atoms with Crippen molar-refractivity contribution in [2.75, 3.05) is 36.4 Å². The van der Waals surface area contributed by atoms with Crippen molar-refractivity contribution < 1.29 is 4.79 Å². The largest absolute Gasteiger partial charge is 0.376 e. The molecule has 0 radical (unpaired) electrons. The molecule has 7 nitrogen and oxygen atoms in total. The topological polar surface area (TPSA) is 77.2 Å². The van der Waals surface area contributed by atoms with Gasteiger partial charge in [0.15, 0.2) is 0 Å². The third-order valence-electron chi connectivity index (χ3n) is 5.44. The van der Waals surface area contributed by atoms with E-state index in [1.54, 1.807) is 24.5 Å². The minimum atomic E-state index is 0.0509. The Labute approximate surface area is 185 Å². The number of nitrogens with zero attached hydrogens (tertiary/aromatic N) is 4. The van der Waals surface area contributed by atoms with Crippen LogP contribution in [0.1, 0.15) is 19.8 Å². The maximum absolute atomic E-state index is 13.0. The number of amides is 1. The van der Waals surface area contributed by atoms with Gasteiger partial charge in [0.25, 0.3) is 0 Å². The summed E-state index contributed by atoms with van der Waals surface area (Å²) in [6.07, 6.45) is 5.43. The second-order valence-corrected chi connectivity index (χ2v) is 8.24. The first-order chi connectivity index (χ1) is 14.5. The van der Waals surface area contributed by atoms with Crippen molar-refractivity contribution in [1.29, 1.82) is 0 Å². The van der Waals surface area contributed by atoms with Crippen LogP contribution in [0.5, 0.6) is 0 Å². The molecule has 1 aromatic carbocycles. The van der Waals surface area contributed by atoms with Crippen molar-refractivity contribution in [2.45, 2.75) is 25.8 Å². The van der Waals surface area contributed by atoms with Crippen LogP contribution in [-0.4, -0.2) is 58.0 Å². The molecular formula is C21H24Cl2N6O. The first kappa shape index (κ1) is 20.8. The minimum absolute atomic E-state index is 0.0509. The Hall–Kier alpha value is -2.51. The monoisotopic (exact) mass is 446 g/mol. The van der Waals surface area contributed by atoms with Crippen molar-refractivity contribution in [3.8, 4) is 0 Å². The van der Waals surface area contributed by atoms with Gasteiger partial charge < -0.3 is 20.1 Å². The molecule has 3 heterocycles. The van der Waals surface area contributed by atoms with Gasteiger partial charge in [0, 0.05) is 47.6 Å². The normalized spacial score (nSPS) is 16.6. The fraction of sp³-hybridized carbons (Fsp3) is 0.381. The quantitative estimate of drug-likeness (QED) is 0.593. The Morgan fingerprint density at radius 3 is 2.87 bits per heavy atom. The van der Waals surface area contributed by atoms with E-state index in [9.17, 15) is 4.79 Å². The predicted molar refractivity (Wildman–Crippen MR) is 121 cm³/mol. The van der Waals surface area contributed by atoms with Gasteiger partial charge in [-0.3, -0.25) is 4.79 Å². The van der Waals surface area contributed by atoms with Gasteiger partial charge in [0.2, 0.25) is 5.91 Å². The number of rotatable bonds is 6. The average Bonchev–Trinajstić information content (AvgIpc) is 3.21. The highest BCUT2D eigenvalue weighted by molar-refractivity contribution is 6.35. The highest BCUT2D eigenvalue weighted by Crippen LogP contribution is 2.27. The molecule has 1 aliphatic rings. The van der Waals surface area contributed by atoms with Crippen LogP contribution in [-0.2, 0) is 4.79 Å². The van der Waals surface area contributed by atoms with Gasteiger partial charge in [0.1, 0.15) is 17.8 Å². The lowest BCUT2D eigenvalue weighted by Crippen LogP contribution is -2.51. The van der Waals surface area contributed by atoms with E-state index in [4.69, 9.17) is 23.2 Å². The van der Waals surface area contributed by atoms with Crippen molar-refractivity contribution in [2.24, 2.45) is 0 Å². The second kappa shape index (κ2) is 9.10. The molecule has 4 rings (SSSR count). The number of piperidine rings is 1. The molecule has 158 valence electrons. The van der Waals surface area contributed by atoms with Crippen LogP contribution in [0.2, 0.25) is 10.0 Å². The molecule has 1 aliphatic heterocycles. The van der Waals surface area contributed by atoms with E-state index in [0.29, 0.717) is 16.6 Å². The van der Waals surface area contributed by atoms with Crippen molar-refractivity contribution in [1.82, 2.24) is 19.9 Å². The Morgan fingerprint density at radius 1 is 1.30 bits per heavy atom. The van der Waals surface area contributed by atoms with Gasteiger partial charge in [-0.05, 0) is 44.0 Å². The van der Waals surface area contributed by atoms with Crippen molar-refractivity contribution >= 4 is 51.6 Å². The summed E-state index contributed by atoms with van der Waals surface area (Å²) in [6, 6.07) is 7.31. The van der Waals surface area contributed by atoms with Crippen LogP contribution in [0, 0.1) is 0 Å². The Kier molecular flexibility index (Phi) is 6.29. The number of benzene rings is 1. The van der Waals surface area contributed by atoms with E-state index in [1.807, 2.05) is 24.1 Å². The first-order valence-corrected chi connectivity index (χ1v) is 10.8. The van der Waals surface area contributed by atoms with E-state index in [2.05, 4.69) is 25.2 Å². The summed E-state index contributed by atoms with van der Waals surface area (Å²) < 4.78 is 0.